The van der Waals surface area contributed by atoms with Crippen LogP contribution in [0.15, 0.2) is 35.3 Å². The fourth-order valence-electron chi connectivity index (χ4n) is 8.84. The van der Waals surface area contributed by atoms with Gasteiger partial charge < -0.3 is 117 Å². The van der Waals surface area contributed by atoms with Crippen molar-refractivity contribution in [2.24, 2.45) is 34.0 Å². The number of benzene rings is 1. The lowest BCUT2D eigenvalue weighted by Gasteiger charge is -2.29. The molecule has 0 spiro atoms. The van der Waals surface area contributed by atoms with Gasteiger partial charge in [-0.2, -0.15) is 0 Å². The molecule has 0 aliphatic heterocycles. The van der Waals surface area contributed by atoms with Crippen LogP contribution in [-0.2, 0) is 78.3 Å². The summed E-state index contributed by atoms with van der Waals surface area (Å²) in [5.41, 5.74) is 16.3. The maximum Gasteiger partial charge on any atom is 0.303 e. The van der Waals surface area contributed by atoms with E-state index in [9.17, 15) is 103 Å². The summed E-state index contributed by atoms with van der Waals surface area (Å²) in [5, 5.41) is 88.4. The minimum Gasteiger partial charge on any atom is -0.481 e. The minimum atomic E-state index is -1.99. The number of amides is 14. The van der Waals surface area contributed by atoms with E-state index in [1.54, 1.807) is 58.0 Å². The molecule has 1 aromatic carbocycles. The van der Waals surface area contributed by atoms with Crippen LogP contribution >= 0.6 is 0 Å². The number of carbonyl (C=O) groups excluding carboxylic acids is 14. The predicted octanol–water partition coefficient (Wildman–Crippen LogP) is -9.98. The van der Waals surface area contributed by atoms with Crippen molar-refractivity contribution in [3.05, 3.63) is 35.9 Å². The van der Waals surface area contributed by atoms with Gasteiger partial charge in [0.1, 0.15) is 60.4 Å². The van der Waals surface area contributed by atoms with Gasteiger partial charge in [0.25, 0.3) is 0 Å². The van der Waals surface area contributed by atoms with E-state index in [0.29, 0.717) is 5.56 Å². The lowest BCUT2D eigenvalue weighted by molar-refractivity contribution is -0.140. The Kier molecular flexibility index (Phi) is 38.1. The largest absolute Gasteiger partial charge is 0.481 e. The summed E-state index contributed by atoms with van der Waals surface area (Å²) in [6.07, 6.45) is -4.91. The van der Waals surface area contributed by atoms with Crippen LogP contribution in [-0.4, -0.2) is 255 Å². The van der Waals surface area contributed by atoms with Crippen LogP contribution in [0.3, 0.4) is 0 Å². The lowest BCUT2D eigenvalue weighted by Crippen LogP contribution is -2.62. The molecule has 12 atom stereocenters. The highest BCUT2D eigenvalue weighted by atomic mass is 16.4. The molecule has 0 saturated carbocycles. The van der Waals surface area contributed by atoms with Gasteiger partial charge in [0, 0.05) is 32.9 Å². The van der Waals surface area contributed by atoms with Crippen molar-refractivity contribution in [2.45, 2.75) is 167 Å². The topological polar surface area (TPSA) is 615 Å². The van der Waals surface area contributed by atoms with Gasteiger partial charge >= 0.3 is 5.97 Å². The first-order valence-electron chi connectivity index (χ1n) is 30.6. The molecule has 0 bridgehead atoms. The summed E-state index contributed by atoms with van der Waals surface area (Å²) in [5.74, 6) is -16.7. The van der Waals surface area contributed by atoms with Crippen LogP contribution in [0.4, 0.5) is 0 Å². The molecule has 38 heteroatoms. The highest BCUT2D eigenvalue weighted by Crippen LogP contribution is 2.11. The minimum absolute atomic E-state index is 0.0318. The Morgan fingerprint density at radius 2 is 1.02 bits per heavy atom. The van der Waals surface area contributed by atoms with Crippen molar-refractivity contribution in [3.63, 3.8) is 0 Å². The second kappa shape index (κ2) is 43.3. The number of carboxylic acids is 1. The second-order valence-electron chi connectivity index (χ2n) is 23.0. The maximum absolute atomic E-state index is 14.1. The van der Waals surface area contributed by atoms with E-state index in [2.05, 4.69) is 68.8 Å². The zero-order valence-corrected chi connectivity index (χ0v) is 54.8. The summed E-state index contributed by atoms with van der Waals surface area (Å²) in [6.45, 7) is 5.63. The van der Waals surface area contributed by atoms with Gasteiger partial charge in [-0.05, 0) is 63.9 Å². The molecule has 96 heavy (non-hydrogen) atoms. The Morgan fingerprint density at radius 3 is 1.52 bits per heavy atom. The molecular formula is C58H95N17O21. The normalized spacial score (nSPS) is 14.7. The van der Waals surface area contributed by atoms with E-state index in [1.807, 2.05) is 0 Å². The SMILES string of the molecule is CC(=O)N[C@@H](CCCN=C(N)N)C(=O)N(CCO)CC(=O)N[C@@H](Cc1ccccc1)C(=O)N[C@H](C(=O)N[C@@H](CC(C)C)C(=O)N[C@@H](C)C(=O)N[C@@H](CO)C(=O)N[C@@H](CO)C(=O)N[C@@H](CCC(=O)O)C(=O)N[C@H](C(=O)NCC(=O)N[C@H](C(=O)NCC(N)=O)C(C)C)[C@@H](C)O)[C@@H](C)O. The molecule has 0 aliphatic carbocycles. The first kappa shape index (κ1) is 84.4. The second-order valence-corrected chi connectivity index (χ2v) is 23.0. The standard InChI is InChI=1S/C58H95N17O21/c1-28(2)21-37(69-56(95)47(32(7)80)74-51(90)38(22-34-13-10-9-11-14-34)67-43(84)25-75(19-20-76)57(96)36(66-33(8)81)15-12-18-62-58(60)61)50(89)65-30(5)48(87)70-39(26-77)53(92)71-40(27-78)52(91)68-35(16-17-44(85)86)49(88)73-46(31(6)79)55(94)64-24-42(83)72-45(29(3)4)54(93)63-23-41(59)82/h9-11,13-14,28-32,35-40,45-47,76-80H,12,15-27H2,1-8H3,(H2,59,82)(H,63,93)(H,64,94)(H,65,89)(H,66,81)(H,67,84)(H,68,91)(H,69,95)(H,70,87)(H,71,92)(H,72,83)(H,73,88)(H,74,90)(H,85,86)(H4,60,61,62)/t30-,31+,32+,35-,36-,37-,38-,39-,40-,45-,46-,47-/m0/s1. The number of aliphatic hydroxyl groups excluding tert-OH is 5. The number of aliphatic imine (C=N–C) groups is 1. The van der Waals surface area contributed by atoms with Crippen molar-refractivity contribution in [1.29, 1.82) is 0 Å². The average Bonchev–Trinajstić information content (AvgIpc) is 1.01. The van der Waals surface area contributed by atoms with E-state index in [1.165, 1.54) is 6.92 Å². The Bertz CT molecular complexity index is 2860. The molecular weight excluding hydrogens is 1270 g/mol. The molecule has 538 valence electrons. The molecule has 1 aromatic rings. The van der Waals surface area contributed by atoms with Crippen molar-refractivity contribution in [3.8, 4) is 0 Å². The van der Waals surface area contributed by atoms with Gasteiger partial charge in [-0.25, -0.2) is 0 Å². The van der Waals surface area contributed by atoms with Crippen molar-refractivity contribution in [1.82, 2.24) is 68.7 Å². The number of hydrogen-bond donors (Lipinski definition) is 21. The highest BCUT2D eigenvalue weighted by molar-refractivity contribution is 5.99. The molecule has 0 unspecified atom stereocenters. The van der Waals surface area contributed by atoms with Gasteiger partial charge in [-0.15, -0.1) is 0 Å². The Morgan fingerprint density at radius 1 is 0.521 bits per heavy atom. The van der Waals surface area contributed by atoms with Crippen LogP contribution in [0, 0.1) is 11.8 Å². The average molecular weight is 1370 g/mol. The van der Waals surface area contributed by atoms with E-state index in [-0.39, 0.29) is 50.7 Å². The Labute approximate surface area is 553 Å². The van der Waals surface area contributed by atoms with E-state index in [4.69, 9.17) is 17.2 Å². The van der Waals surface area contributed by atoms with Gasteiger partial charge in [0.15, 0.2) is 5.96 Å². The smallest absolute Gasteiger partial charge is 0.303 e. The Balaban J connectivity index is 3.27. The summed E-state index contributed by atoms with van der Waals surface area (Å²) >= 11 is 0. The zero-order valence-electron chi connectivity index (χ0n) is 54.8. The molecule has 0 fully saturated rings. The maximum atomic E-state index is 14.1. The molecule has 1 rings (SSSR count). The summed E-state index contributed by atoms with van der Waals surface area (Å²) in [4.78, 5) is 201. The molecule has 0 saturated heterocycles. The van der Waals surface area contributed by atoms with Crippen LogP contribution in [0.25, 0.3) is 0 Å². The number of aliphatic carboxylic acids is 1. The third-order valence-corrected chi connectivity index (χ3v) is 13.8. The summed E-state index contributed by atoms with van der Waals surface area (Å²) in [7, 11) is 0. The van der Waals surface area contributed by atoms with Crippen molar-refractivity contribution < 1.29 is 103 Å². The van der Waals surface area contributed by atoms with Gasteiger partial charge in [-0.1, -0.05) is 58.0 Å². The molecule has 0 heterocycles. The van der Waals surface area contributed by atoms with Crippen molar-refractivity contribution >= 4 is 94.6 Å². The highest BCUT2D eigenvalue weighted by Gasteiger charge is 2.37. The number of rotatable bonds is 44. The monoisotopic (exact) mass is 1370 g/mol. The number of nitrogens with zero attached hydrogens (tertiary/aromatic N) is 2. The summed E-state index contributed by atoms with van der Waals surface area (Å²) in [6, 6.07) is -8.16. The Hall–Kier alpha value is -9.66. The third-order valence-electron chi connectivity index (χ3n) is 13.8. The molecule has 24 N–H and O–H groups in total. The fourth-order valence-corrected chi connectivity index (χ4v) is 8.84. The first-order chi connectivity index (χ1) is 45.0. The lowest BCUT2D eigenvalue weighted by atomic mass is 10.0. The molecule has 14 amide bonds. The fraction of sp³-hybridized carbons (Fsp3) is 0.621. The number of primary amides is 1. The number of aliphatic hydroxyl groups is 5. The van der Waals surface area contributed by atoms with E-state index >= 15 is 0 Å². The molecule has 38 nitrogen and oxygen atoms in total. The predicted molar refractivity (Wildman–Crippen MR) is 338 cm³/mol. The number of carbonyl (C=O) groups is 15. The van der Waals surface area contributed by atoms with Crippen LogP contribution in [0.2, 0.25) is 0 Å². The number of nitrogens with one attached hydrogen (secondary N) is 12. The van der Waals surface area contributed by atoms with Gasteiger partial charge in [0.2, 0.25) is 82.7 Å². The summed E-state index contributed by atoms with van der Waals surface area (Å²) < 4.78 is 0. The van der Waals surface area contributed by atoms with Crippen LogP contribution in [0.5, 0.6) is 0 Å². The van der Waals surface area contributed by atoms with Crippen LogP contribution in [0.1, 0.15) is 93.1 Å². The first-order valence-corrected chi connectivity index (χ1v) is 30.6. The quantitative estimate of drug-likeness (QED) is 0.0164. The molecule has 0 aliphatic rings. The third kappa shape index (κ3) is 32.0. The molecule has 0 radical (unpaired) electrons. The number of hydrogen-bond acceptors (Lipinski definition) is 21. The van der Waals surface area contributed by atoms with Crippen molar-refractivity contribution in [2.75, 3.05) is 52.5 Å². The number of carboxylic acid groups (broad SMARTS) is 1. The van der Waals surface area contributed by atoms with Gasteiger partial charge in [0.05, 0.1) is 51.7 Å². The van der Waals surface area contributed by atoms with Gasteiger partial charge in [-0.3, -0.25) is 76.9 Å². The van der Waals surface area contributed by atoms with E-state index in [0.717, 1.165) is 25.7 Å². The molecule has 0 aromatic heterocycles. The number of guanidine groups is 1. The number of nitrogens with two attached hydrogens (primary N) is 3. The van der Waals surface area contributed by atoms with Crippen LogP contribution < -0.4 is 81.0 Å². The zero-order chi connectivity index (χ0) is 73.1. The van der Waals surface area contributed by atoms with E-state index < -0.39 is 220 Å².